The first-order valence-electron chi connectivity index (χ1n) is 12.7. The lowest BCUT2D eigenvalue weighted by atomic mass is 9.94. The van der Waals surface area contributed by atoms with E-state index in [1.807, 2.05) is 51.1 Å². The van der Waals surface area contributed by atoms with Gasteiger partial charge in [0.2, 0.25) is 11.8 Å². The van der Waals surface area contributed by atoms with Gasteiger partial charge in [0.15, 0.2) is 0 Å². The fraction of sp³-hybridized carbons (Fsp3) is 0.310. The van der Waals surface area contributed by atoms with E-state index in [2.05, 4.69) is 10.2 Å². The van der Waals surface area contributed by atoms with Gasteiger partial charge in [-0.3, -0.25) is 4.79 Å². The van der Waals surface area contributed by atoms with Gasteiger partial charge < -0.3 is 24.6 Å². The molecule has 2 aromatic carbocycles. The third kappa shape index (κ3) is 5.84. The Morgan fingerprint density at radius 1 is 1.00 bits per heavy atom. The van der Waals surface area contributed by atoms with E-state index in [1.165, 1.54) is 12.3 Å². The Kier molecular flexibility index (Phi) is 8.07. The SMILES string of the molecule is CCCN(CCC)C(=O)c1cc(-c2nnc([C@@](C)(N)Cc3ccccc3)o2)cc(-c2occc2C(=O)O)c1. The number of amides is 1. The Balaban J connectivity index is 1.77. The van der Waals surface area contributed by atoms with Crippen LogP contribution in [0.3, 0.4) is 0 Å². The zero-order valence-corrected chi connectivity index (χ0v) is 21.8. The molecule has 0 aliphatic heterocycles. The van der Waals surface area contributed by atoms with Crippen molar-refractivity contribution in [2.24, 2.45) is 5.73 Å². The summed E-state index contributed by atoms with van der Waals surface area (Å²) in [6, 6.07) is 16.1. The van der Waals surface area contributed by atoms with Gasteiger partial charge in [-0.1, -0.05) is 44.2 Å². The number of rotatable bonds is 11. The molecule has 1 atom stereocenters. The van der Waals surface area contributed by atoms with Crippen molar-refractivity contribution >= 4 is 11.9 Å². The van der Waals surface area contributed by atoms with Gasteiger partial charge in [-0.05, 0) is 56.0 Å². The van der Waals surface area contributed by atoms with Gasteiger partial charge in [-0.25, -0.2) is 4.79 Å². The number of aromatic nitrogens is 2. The minimum absolute atomic E-state index is 0.0110. The topological polar surface area (TPSA) is 136 Å². The Morgan fingerprint density at radius 3 is 2.34 bits per heavy atom. The number of benzene rings is 2. The van der Waals surface area contributed by atoms with E-state index in [-0.39, 0.29) is 29.0 Å². The van der Waals surface area contributed by atoms with Crippen LogP contribution >= 0.6 is 0 Å². The van der Waals surface area contributed by atoms with E-state index in [0.29, 0.717) is 36.2 Å². The quantitative estimate of drug-likeness (QED) is 0.271. The van der Waals surface area contributed by atoms with E-state index in [0.717, 1.165) is 18.4 Å². The number of carboxylic acid groups (broad SMARTS) is 1. The van der Waals surface area contributed by atoms with E-state index < -0.39 is 11.5 Å². The number of carbonyl (C=O) groups is 2. The Labute approximate surface area is 221 Å². The maximum atomic E-state index is 13.5. The predicted molar refractivity (Wildman–Crippen MR) is 143 cm³/mol. The summed E-state index contributed by atoms with van der Waals surface area (Å²) in [6.45, 7) is 7.04. The molecule has 9 nitrogen and oxygen atoms in total. The first-order chi connectivity index (χ1) is 18.2. The lowest BCUT2D eigenvalue weighted by Crippen LogP contribution is -2.35. The zero-order valence-electron chi connectivity index (χ0n) is 21.8. The number of furan rings is 1. The number of nitrogens with zero attached hydrogens (tertiary/aromatic N) is 3. The summed E-state index contributed by atoms with van der Waals surface area (Å²) in [5.74, 6) is -0.754. The van der Waals surface area contributed by atoms with Gasteiger partial charge in [0, 0.05) is 29.8 Å². The molecule has 3 N–H and O–H groups in total. The summed E-state index contributed by atoms with van der Waals surface area (Å²) in [5.41, 5.74) is 7.90. The maximum absolute atomic E-state index is 13.5. The molecule has 9 heteroatoms. The normalized spacial score (nSPS) is 12.7. The average Bonchev–Trinajstić information content (AvgIpc) is 3.59. The first-order valence-corrected chi connectivity index (χ1v) is 12.7. The van der Waals surface area contributed by atoms with Crippen molar-refractivity contribution in [1.82, 2.24) is 15.1 Å². The van der Waals surface area contributed by atoms with Crippen LogP contribution in [0.25, 0.3) is 22.8 Å². The van der Waals surface area contributed by atoms with Gasteiger partial charge >= 0.3 is 5.97 Å². The maximum Gasteiger partial charge on any atom is 0.339 e. The summed E-state index contributed by atoms with van der Waals surface area (Å²) < 4.78 is 11.6. The van der Waals surface area contributed by atoms with Gasteiger partial charge in [-0.15, -0.1) is 10.2 Å². The molecule has 2 aromatic heterocycles. The highest BCUT2D eigenvalue weighted by molar-refractivity contribution is 5.99. The molecule has 0 bridgehead atoms. The fourth-order valence-electron chi connectivity index (χ4n) is 4.41. The molecule has 0 saturated carbocycles. The molecule has 0 fully saturated rings. The largest absolute Gasteiger partial charge is 0.478 e. The van der Waals surface area contributed by atoms with E-state index in [4.69, 9.17) is 14.6 Å². The second-order valence-electron chi connectivity index (χ2n) is 9.55. The van der Waals surface area contributed by atoms with Gasteiger partial charge in [-0.2, -0.15) is 0 Å². The highest BCUT2D eigenvalue weighted by Gasteiger charge is 2.29. The molecule has 0 unspecified atom stereocenters. The van der Waals surface area contributed by atoms with Crippen molar-refractivity contribution in [3.63, 3.8) is 0 Å². The molecule has 4 rings (SSSR count). The van der Waals surface area contributed by atoms with E-state index >= 15 is 0 Å². The molecule has 198 valence electrons. The second-order valence-corrected chi connectivity index (χ2v) is 9.55. The molecule has 0 aliphatic rings. The number of carboxylic acids is 1. The standard InChI is InChI=1S/C29H32N4O5/c1-4-12-33(13-5-2)26(34)22-16-20(24-23(27(35)36)11-14-37-24)15-21(17-22)25-31-32-28(38-25)29(3,30)18-19-9-7-6-8-10-19/h6-11,14-17H,4-5,12-13,18,30H2,1-3H3,(H,35,36)/t29-/m0/s1. The van der Waals surface area contributed by atoms with Crippen LogP contribution in [0, 0.1) is 0 Å². The van der Waals surface area contributed by atoms with Crippen molar-refractivity contribution in [2.45, 2.75) is 45.6 Å². The van der Waals surface area contributed by atoms with Crippen LogP contribution in [0.5, 0.6) is 0 Å². The molecule has 0 radical (unpaired) electrons. The average molecular weight is 517 g/mol. The van der Waals surface area contributed by atoms with Crippen LogP contribution in [0.2, 0.25) is 0 Å². The lowest BCUT2D eigenvalue weighted by Gasteiger charge is -2.22. The van der Waals surface area contributed by atoms with Gasteiger partial charge in [0.05, 0.1) is 11.8 Å². The summed E-state index contributed by atoms with van der Waals surface area (Å²) in [5, 5.41) is 18.1. The van der Waals surface area contributed by atoms with Crippen molar-refractivity contribution in [3.05, 3.63) is 83.4 Å². The van der Waals surface area contributed by atoms with Crippen LogP contribution in [-0.2, 0) is 12.0 Å². The summed E-state index contributed by atoms with van der Waals surface area (Å²) in [4.78, 5) is 27.1. The van der Waals surface area contributed by atoms with Crippen LogP contribution in [0.1, 0.15) is 65.8 Å². The monoisotopic (exact) mass is 516 g/mol. The summed E-state index contributed by atoms with van der Waals surface area (Å²) >= 11 is 0. The molecular formula is C29H32N4O5. The van der Waals surface area contributed by atoms with Crippen LogP contribution in [0.4, 0.5) is 0 Å². The molecule has 1 amide bonds. The van der Waals surface area contributed by atoms with E-state index in [9.17, 15) is 14.7 Å². The first kappa shape index (κ1) is 26.8. The van der Waals surface area contributed by atoms with E-state index in [1.54, 1.807) is 23.1 Å². The number of carbonyl (C=O) groups excluding carboxylic acids is 1. The van der Waals surface area contributed by atoms with Crippen molar-refractivity contribution < 1.29 is 23.5 Å². The summed E-state index contributed by atoms with van der Waals surface area (Å²) in [6.07, 6.45) is 3.41. The van der Waals surface area contributed by atoms with Crippen molar-refractivity contribution in [2.75, 3.05) is 13.1 Å². The highest BCUT2D eigenvalue weighted by atomic mass is 16.4. The van der Waals surface area contributed by atoms with Gasteiger partial charge in [0.25, 0.3) is 5.91 Å². The lowest BCUT2D eigenvalue weighted by molar-refractivity contribution is 0.0696. The zero-order chi connectivity index (χ0) is 27.3. The third-order valence-electron chi connectivity index (χ3n) is 6.19. The Hall–Kier alpha value is -4.24. The van der Waals surface area contributed by atoms with Crippen LogP contribution in [-0.4, -0.2) is 45.2 Å². The number of hydrogen-bond donors (Lipinski definition) is 2. The Morgan fingerprint density at radius 2 is 1.68 bits per heavy atom. The molecule has 38 heavy (non-hydrogen) atoms. The molecule has 0 spiro atoms. The smallest absolute Gasteiger partial charge is 0.339 e. The number of hydrogen-bond acceptors (Lipinski definition) is 7. The van der Waals surface area contributed by atoms with Crippen molar-refractivity contribution in [1.29, 1.82) is 0 Å². The Bertz CT molecular complexity index is 1400. The minimum atomic E-state index is -1.13. The predicted octanol–water partition coefficient (Wildman–Crippen LogP) is 5.37. The third-order valence-corrected chi connectivity index (χ3v) is 6.19. The minimum Gasteiger partial charge on any atom is -0.478 e. The molecule has 0 saturated heterocycles. The van der Waals surface area contributed by atoms with Crippen LogP contribution in [0.15, 0.2) is 69.7 Å². The fourth-order valence-corrected chi connectivity index (χ4v) is 4.41. The van der Waals surface area contributed by atoms with Crippen molar-refractivity contribution in [3.8, 4) is 22.8 Å². The van der Waals surface area contributed by atoms with Gasteiger partial charge in [0.1, 0.15) is 11.3 Å². The van der Waals surface area contributed by atoms with Crippen LogP contribution < -0.4 is 5.73 Å². The molecule has 2 heterocycles. The number of nitrogens with two attached hydrogens (primary N) is 1. The number of aromatic carboxylic acids is 1. The highest BCUT2D eigenvalue weighted by Crippen LogP contribution is 2.32. The molecule has 0 aliphatic carbocycles. The molecule has 4 aromatic rings. The molecular weight excluding hydrogens is 484 g/mol. The second kappa shape index (κ2) is 11.4. The summed E-state index contributed by atoms with van der Waals surface area (Å²) in [7, 11) is 0.